The zero-order valence-corrected chi connectivity index (χ0v) is 8.13. The molecular weight excluding hydrogens is 196 g/mol. The lowest BCUT2D eigenvalue weighted by Gasteiger charge is -2.25. The van der Waals surface area contributed by atoms with Gasteiger partial charge in [-0.05, 0) is 37.8 Å². The summed E-state index contributed by atoms with van der Waals surface area (Å²) in [6.07, 6.45) is 4.33. The van der Waals surface area contributed by atoms with E-state index in [1.54, 1.807) is 0 Å². The minimum Gasteiger partial charge on any atom is -0.140 e. The molecule has 9 heavy (non-hydrogen) atoms. The molecule has 1 atom stereocenters. The molecule has 0 aromatic rings. The molecule has 2 heteroatoms. The molecule has 0 aromatic carbocycles. The van der Waals surface area contributed by atoms with Gasteiger partial charge in [-0.3, -0.25) is 0 Å². The number of halogens is 1. The summed E-state index contributed by atoms with van der Waals surface area (Å²) in [6.45, 7) is 4.41. The van der Waals surface area contributed by atoms with Gasteiger partial charge in [0.1, 0.15) is 0 Å². The van der Waals surface area contributed by atoms with Crippen LogP contribution in [0.25, 0.3) is 0 Å². The van der Waals surface area contributed by atoms with Crippen LogP contribution in [0.3, 0.4) is 0 Å². The number of hydrogen-bond donors (Lipinski definition) is 0. The second-order valence-electron chi connectivity index (χ2n) is 2.10. The van der Waals surface area contributed by atoms with Gasteiger partial charge in [-0.25, -0.2) is 0 Å². The van der Waals surface area contributed by atoms with Crippen LogP contribution in [0.4, 0.5) is 0 Å². The topological polar surface area (TPSA) is 0 Å². The lowest BCUT2D eigenvalue weighted by atomic mass is 10.5. The van der Waals surface area contributed by atoms with Gasteiger partial charge in [-0.15, -0.1) is 8.46 Å². The van der Waals surface area contributed by atoms with Crippen LogP contribution in [0.1, 0.15) is 13.8 Å². The summed E-state index contributed by atoms with van der Waals surface area (Å²) in [5, 5.41) is 2.28. The van der Waals surface area contributed by atoms with Crippen LogP contribution in [0.2, 0.25) is 0 Å². The van der Waals surface area contributed by atoms with E-state index in [1.807, 2.05) is 0 Å². The molecule has 52 valence electrons. The average Bonchev–Trinajstić information content (AvgIpc) is 2.15. The number of rotatable bonds is 1. The lowest BCUT2D eigenvalue weighted by Crippen LogP contribution is -1.86. The summed E-state index contributed by atoms with van der Waals surface area (Å²) in [4.78, 5) is 1.49. The molecule has 1 rings (SSSR count). The van der Waals surface area contributed by atoms with Crippen LogP contribution in [0, 0.1) is 0 Å². The van der Waals surface area contributed by atoms with Crippen molar-refractivity contribution in [3.63, 3.8) is 0 Å². The van der Waals surface area contributed by atoms with Crippen molar-refractivity contribution < 1.29 is 0 Å². The first-order valence-corrected chi connectivity index (χ1v) is 6.75. The third kappa shape index (κ3) is 1.24. The fourth-order valence-corrected chi connectivity index (χ4v) is 3.04. The smallest absolute Gasteiger partial charge is 0.00913 e. The SMILES string of the molecule is CCS1(Br)C=CC=C1C. The lowest BCUT2D eigenvalue weighted by molar-refractivity contribution is 1.51. The van der Waals surface area contributed by atoms with E-state index in [0.29, 0.717) is 0 Å². The van der Waals surface area contributed by atoms with Gasteiger partial charge in [0, 0.05) is 0 Å². The predicted octanol–water partition coefficient (Wildman–Crippen LogP) is 3.55. The Hall–Kier alpha value is 0.310. The maximum Gasteiger partial charge on any atom is -0.00913 e. The Labute approximate surface area is 65.5 Å². The Morgan fingerprint density at radius 3 is 2.56 bits per heavy atom. The molecule has 0 fully saturated rings. The van der Waals surface area contributed by atoms with Gasteiger partial charge in [-0.1, -0.05) is 19.1 Å². The quantitative estimate of drug-likeness (QED) is 0.616. The highest BCUT2D eigenvalue weighted by Crippen LogP contribution is 2.65. The Morgan fingerprint density at radius 1 is 1.67 bits per heavy atom. The maximum absolute atomic E-state index is 3.74. The van der Waals surface area contributed by atoms with Gasteiger partial charge in [-0.2, -0.15) is 0 Å². The van der Waals surface area contributed by atoms with Gasteiger partial charge >= 0.3 is 0 Å². The normalized spacial score (nSPS) is 40.1. The summed E-state index contributed by atoms with van der Waals surface area (Å²) >= 11 is 3.74. The highest BCUT2D eigenvalue weighted by molar-refractivity contribution is 9.59. The molecule has 0 amide bonds. The van der Waals surface area contributed by atoms with Crippen LogP contribution < -0.4 is 0 Å². The van der Waals surface area contributed by atoms with E-state index in [0.717, 1.165) is 0 Å². The van der Waals surface area contributed by atoms with Crippen molar-refractivity contribution in [1.82, 2.24) is 0 Å². The molecule has 0 N–H and O–H groups in total. The minimum atomic E-state index is -0.627. The fourth-order valence-electron chi connectivity index (χ4n) is 0.844. The van der Waals surface area contributed by atoms with Crippen LogP contribution in [0.15, 0.2) is 22.5 Å². The molecule has 1 heterocycles. The van der Waals surface area contributed by atoms with E-state index in [2.05, 4.69) is 46.2 Å². The summed E-state index contributed by atoms with van der Waals surface area (Å²) in [5.41, 5.74) is 0. The Morgan fingerprint density at radius 2 is 2.33 bits per heavy atom. The van der Waals surface area contributed by atoms with Crippen molar-refractivity contribution in [3.05, 3.63) is 22.5 Å². The molecule has 0 spiro atoms. The highest BCUT2D eigenvalue weighted by Gasteiger charge is 2.18. The van der Waals surface area contributed by atoms with E-state index in [-0.39, 0.29) is 0 Å². The van der Waals surface area contributed by atoms with Crippen LogP contribution >= 0.6 is 23.3 Å². The van der Waals surface area contributed by atoms with Gasteiger partial charge in [0.05, 0.1) is 0 Å². The van der Waals surface area contributed by atoms with E-state index < -0.39 is 8.46 Å². The van der Waals surface area contributed by atoms with Crippen LogP contribution in [-0.2, 0) is 0 Å². The highest BCUT2D eigenvalue weighted by atomic mass is 79.9. The van der Waals surface area contributed by atoms with Crippen molar-refractivity contribution in [2.45, 2.75) is 13.8 Å². The number of hydrogen-bond acceptors (Lipinski definition) is 0. The largest absolute Gasteiger partial charge is 0.140 e. The molecule has 0 saturated carbocycles. The van der Waals surface area contributed by atoms with Crippen LogP contribution in [-0.4, -0.2) is 5.75 Å². The second-order valence-corrected chi connectivity index (χ2v) is 8.47. The third-order valence-corrected chi connectivity index (χ3v) is 7.77. The molecular formula is C7H11BrS. The first kappa shape index (κ1) is 7.42. The number of allylic oxidation sites excluding steroid dienone is 3. The molecule has 1 unspecified atom stereocenters. The van der Waals surface area contributed by atoms with Gasteiger partial charge in [0.2, 0.25) is 0 Å². The second kappa shape index (κ2) is 2.51. The Balaban J connectivity index is 2.82. The average molecular weight is 207 g/mol. The van der Waals surface area contributed by atoms with Crippen molar-refractivity contribution in [2.24, 2.45) is 0 Å². The minimum absolute atomic E-state index is 0.627. The zero-order valence-electron chi connectivity index (χ0n) is 5.73. The van der Waals surface area contributed by atoms with E-state index in [1.165, 1.54) is 10.7 Å². The fraction of sp³-hybridized carbons (Fsp3) is 0.429. The van der Waals surface area contributed by atoms with Gasteiger partial charge < -0.3 is 0 Å². The molecule has 0 nitrogen and oxygen atoms in total. The third-order valence-electron chi connectivity index (χ3n) is 1.58. The molecule has 0 aromatic heterocycles. The Bertz CT molecular complexity index is 172. The molecule has 0 aliphatic carbocycles. The summed E-state index contributed by atoms with van der Waals surface area (Å²) in [5.74, 6) is 1.21. The molecule has 0 radical (unpaired) electrons. The van der Waals surface area contributed by atoms with E-state index >= 15 is 0 Å². The summed E-state index contributed by atoms with van der Waals surface area (Å²) in [6, 6.07) is 0. The first-order chi connectivity index (χ1) is 4.19. The van der Waals surface area contributed by atoms with E-state index in [4.69, 9.17) is 0 Å². The monoisotopic (exact) mass is 206 g/mol. The van der Waals surface area contributed by atoms with E-state index in [9.17, 15) is 0 Å². The van der Waals surface area contributed by atoms with Crippen molar-refractivity contribution in [2.75, 3.05) is 5.75 Å². The van der Waals surface area contributed by atoms with Crippen molar-refractivity contribution in [1.29, 1.82) is 0 Å². The zero-order chi connectivity index (χ0) is 6.91. The molecule has 0 bridgehead atoms. The standard InChI is InChI=1S/C7H11BrS/c1-3-9(8)6-4-5-7(9)2/h4-6H,3H2,1-2H3. The first-order valence-electron chi connectivity index (χ1n) is 3.05. The van der Waals surface area contributed by atoms with Crippen LogP contribution in [0.5, 0.6) is 0 Å². The van der Waals surface area contributed by atoms with Crippen molar-refractivity contribution in [3.8, 4) is 0 Å². The molecule has 1 aliphatic heterocycles. The maximum atomic E-state index is 3.74. The predicted molar refractivity (Wildman–Crippen MR) is 50.0 cm³/mol. The molecule has 0 saturated heterocycles. The van der Waals surface area contributed by atoms with Gasteiger partial charge in [0.25, 0.3) is 0 Å². The summed E-state index contributed by atoms with van der Waals surface area (Å²) < 4.78 is 0. The van der Waals surface area contributed by atoms with Gasteiger partial charge in [0.15, 0.2) is 0 Å². The summed E-state index contributed by atoms with van der Waals surface area (Å²) in [7, 11) is -0.627. The molecule has 1 aliphatic rings. The van der Waals surface area contributed by atoms with Crippen molar-refractivity contribution >= 4 is 23.3 Å². The Kier molecular flexibility index (Phi) is 2.07.